The fraction of sp³-hybridized carbons (Fsp3) is 0.625. The van der Waals surface area contributed by atoms with E-state index in [0.29, 0.717) is 6.61 Å². The lowest BCUT2D eigenvalue weighted by molar-refractivity contribution is 0.231. The number of aliphatic imine (C=N–C) groups is 1. The Morgan fingerprint density at radius 1 is 1.64 bits per heavy atom. The number of thioether (sulfide) groups is 1. The number of nitrogens with zero attached hydrogens (tertiary/aromatic N) is 1. The van der Waals surface area contributed by atoms with Crippen LogP contribution in [-0.2, 0) is 4.74 Å². The molecule has 1 aliphatic heterocycles. The summed E-state index contributed by atoms with van der Waals surface area (Å²) in [7, 11) is 1.70. The van der Waals surface area contributed by atoms with Crippen molar-refractivity contribution in [3.05, 3.63) is 11.1 Å². The van der Waals surface area contributed by atoms with E-state index >= 15 is 0 Å². The van der Waals surface area contributed by atoms with Gasteiger partial charge in [0.15, 0.2) is 0 Å². The molecule has 0 amide bonds. The minimum Gasteiger partial charge on any atom is -0.379 e. The van der Waals surface area contributed by atoms with Gasteiger partial charge in [0.25, 0.3) is 0 Å². The molecule has 0 aliphatic carbocycles. The van der Waals surface area contributed by atoms with Crippen LogP contribution in [0.25, 0.3) is 0 Å². The molecule has 0 bridgehead atoms. The van der Waals surface area contributed by atoms with Crippen molar-refractivity contribution in [3.63, 3.8) is 0 Å². The summed E-state index contributed by atoms with van der Waals surface area (Å²) in [4.78, 5) is 5.34. The topological polar surface area (TPSA) is 21.6 Å². The summed E-state index contributed by atoms with van der Waals surface area (Å²) in [6, 6.07) is 0. The Balaban J connectivity index is 2.58. The Bertz CT molecular complexity index is 196. The van der Waals surface area contributed by atoms with Crippen LogP contribution in [0, 0.1) is 0 Å². The van der Waals surface area contributed by atoms with Crippen LogP contribution in [0.2, 0.25) is 0 Å². The maximum Gasteiger partial charge on any atom is 0.0787 e. The molecule has 0 spiro atoms. The number of rotatable bonds is 2. The maximum atomic E-state index is 5.01. The van der Waals surface area contributed by atoms with Gasteiger partial charge in [-0.05, 0) is 13.8 Å². The first-order chi connectivity index (χ1) is 5.14. The molecule has 1 heterocycles. The second-order valence-corrected chi connectivity index (χ2v) is 4.79. The van der Waals surface area contributed by atoms with Gasteiger partial charge in [0.05, 0.1) is 6.61 Å². The molecule has 0 radical (unpaired) electrons. The van der Waals surface area contributed by atoms with Gasteiger partial charge in [0.1, 0.15) is 0 Å². The summed E-state index contributed by atoms with van der Waals surface area (Å²) in [6.07, 6.45) is 3.82. The molecule has 0 fully saturated rings. The highest BCUT2D eigenvalue weighted by atomic mass is 32.2. The summed E-state index contributed by atoms with van der Waals surface area (Å²) in [6.45, 7) is 4.96. The van der Waals surface area contributed by atoms with Gasteiger partial charge >= 0.3 is 0 Å². The number of hydrogen-bond donors (Lipinski definition) is 0. The molecule has 0 aromatic rings. The van der Waals surface area contributed by atoms with E-state index in [1.165, 1.54) is 4.91 Å². The molecule has 0 atom stereocenters. The maximum absolute atomic E-state index is 5.01. The third-order valence-corrected chi connectivity index (χ3v) is 2.40. The fourth-order valence-corrected chi connectivity index (χ4v) is 1.98. The van der Waals surface area contributed by atoms with Crippen LogP contribution >= 0.6 is 11.8 Å². The molecule has 3 heteroatoms. The predicted octanol–water partition coefficient (Wildman–Crippen LogP) is 2.07. The molecule has 62 valence electrons. The van der Waals surface area contributed by atoms with E-state index in [1.54, 1.807) is 18.9 Å². The van der Waals surface area contributed by atoms with Gasteiger partial charge in [-0.25, -0.2) is 0 Å². The zero-order chi connectivity index (χ0) is 8.32. The quantitative estimate of drug-likeness (QED) is 0.634. The normalized spacial score (nSPS) is 21.5. The number of methoxy groups -OCH3 is 1. The van der Waals surface area contributed by atoms with Crippen molar-refractivity contribution in [2.75, 3.05) is 13.7 Å². The van der Waals surface area contributed by atoms with Crippen LogP contribution in [0.3, 0.4) is 0 Å². The molecule has 0 unspecified atom stereocenters. The Morgan fingerprint density at radius 3 is 2.91 bits per heavy atom. The molecule has 0 aromatic heterocycles. The highest BCUT2D eigenvalue weighted by molar-refractivity contribution is 8.05. The molecule has 11 heavy (non-hydrogen) atoms. The van der Waals surface area contributed by atoms with Gasteiger partial charge in [0.2, 0.25) is 0 Å². The summed E-state index contributed by atoms with van der Waals surface area (Å²) >= 11 is 1.80. The molecular formula is C8H13NOS. The monoisotopic (exact) mass is 171 g/mol. The summed E-state index contributed by atoms with van der Waals surface area (Å²) in [5.74, 6) is 0. The molecule has 2 nitrogen and oxygen atoms in total. The predicted molar refractivity (Wildman–Crippen MR) is 50.1 cm³/mol. The molecule has 1 rings (SSSR count). The van der Waals surface area contributed by atoms with Gasteiger partial charge in [-0.15, -0.1) is 11.8 Å². The zero-order valence-corrected chi connectivity index (χ0v) is 7.94. The Hall–Kier alpha value is -0.280. The van der Waals surface area contributed by atoms with E-state index in [1.807, 2.05) is 12.4 Å². The molecule has 0 aromatic carbocycles. The largest absolute Gasteiger partial charge is 0.379 e. The lowest BCUT2D eigenvalue weighted by Gasteiger charge is -2.22. The van der Waals surface area contributed by atoms with E-state index < -0.39 is 0 Å². The van der Waals surface area contributed by atoms with Crippen molar-refractivity contribution in [1.82, 2.24) is 0 Å². The lowest BCUT2D eigenvalue weighted by atomic mass is 10.2. The summed E-state index contributed by atoms with van der Waals surface area (Å²) in [5, 5.41) is 0. The van der Waals surface area contributed by atoms with E-state index in [4.69, 9.17) is 4.74 Å². The van der Waals surface area contributed by atoms with Gasteiger partial charge in [0, 0.05) is 29.2 Å². The van der Waals surface area contributed by atoms with E-state index in [0.717, 1.165) is 0 Å². The van der Waals surface area contributed by atoms with Crippen LogP contribution in [0.4, 0.5) is 0 Å². The third kappa shape index (κ3) is 2.67. The molecule has 0 N–H and O–H groups in total. The smallest absolute Gasteiger partial charge is 0.0787 e. The first-order valence-electron chi connectivity index (χ1n) is 3.55. The van der Waals surface area contributed by atoms with Crippen molar-refractivity contribution < 1.29 is 4.74 Å². The average Bonchev–Trinajstić information content (AvgIpc) is 1.85. The first-order valence-corrected chi connectivity index (χ1v) is 4.37. The van der Waals surface area contributed by atoms with Gasteiger partial charge in [-0.2, -0.15) is 0 Å². The molecule has 0 saturated heterocycles. The van der Waals surface area contributed by atoms with Crippen LogP contribution in [0.15, 0.2) is 16.1 Å². The molecule has 0 saturated carbocycles. The zero-order valence-electron chi connectivity index (χ0n) is 7.13. The van der Waals surface area contributed by atoms with Crippen LogP contribution in [0.1, 0.15) is 13.8 Å². The Kier molecular flexibility index (Phi) is 2.73. The Labute approximate surface area is 71.7 Å². The van der Waals surface area contributed by atoms with Crippen molar-refractivity contribution in [2.24, 2.45) is 4.99 Å². The van der Waals surface area contributed by atoms with Crippen molar-refractivity contribution in [3.8, 4) is 0 Å². The first kappa shape index (κ1) is 8.81. The minimum absolute atomic E-state index is 0.128. The van der Waals surface area contributed by atoms with Crippen molar-refractivity contribution in [1.29, 1.82) is 0 Å². The van der Waals surface area contributed by atoms with E-state index in [9.17, 15) is 0 Å². The lowest BCUT2D eigenvalue weighted by Crippen LogP contribution is -2.19. The fourth-order valence-electron chi connectivity index (χ4n) is 0.899. The van der Waals surface area contributed by atoms with E-state index in [2.05, 4.69) is 18.8 Å². The van der Waals surface area contributed by atoms with E-state index in [-0.39, 0.29) is 4.75 Å². The standard InChI is InChI=1S/C8H13NOS/c1-8(2)6-9-4-7(11-8)5-10-3/h4,6H,5H2,1-3H3. The van der Waals surface area contributed by atoms with Crippen LogP contribution < -0.4 is 0 Å². The highest BCUT2D eigenvalue weighted by Crippen LogP contribution is 2.32. The van der Waals surface area contributed by atoms with Crippen molar-refractivity contribution in [2.45, 2.75) is 18.6 Å². The summed E-state index contributed by atoms with van der Waals surface area (Å²) < 4.78 is 5.14. The van der Waals surface area contributed by atoms with Gasteiger partial charge in [-0.3, -0.25) is 4.99 Å². The second-order valence-electron chi connectivity index (χ2n) is 3.01. The molecular weight excluding hydrogens is 158 g/mol. The average molecular weight is 171 g/mol. The van der Waals surface area contributed by atoms with Gasteiger partial charge in [-0.1, -0.05) is 0 Å². The third-order valence-electron chi connectivity index (χ3n) is 1.28. The van der Waals surface area contributed by atoms with Gasteiger partial charge < -0.3 is 4.74 Å². The van der Waals surface area contributed by atoms with Crippen molar-refractivity contribution >= 4 is 18.0 Å². The SMILES string of the molecule is COCC1=CN=CC(C)(C)S1. The minimum atomic E-state index is 0.128. The summed E-state index contributed by atoms with van der Waals surface area (Å²) in [5.41, 5.74) is 0. The van der Waals surface area contributed by atoms with Crippen LogP contribution in [0.5, 0.6) is 0 Å². The molecule has 1 aliphatic rings. The Morgan fingerprint density at radius 2 is 2.36 bits per heavy atom. The highest BCUT2D eigenvalue weighted by Gasteiger charge is 2.20. The van der Waals surface area contributed by atoms with Crippen LogP contribution in [-0.4, -0.2) is 24.7 Å². The number of ether oxygens (including phenoxy) is 1. The second kappa shape index (κ2) is 3.41. The number of hydrogen-bond acceptors (Lipinski definition) is 3.